The lowest BCUT2D eigenvalue weighted by atomic mass is 10.1. The first-order chi connectivity index (χ1) is 8.85. The van der Waals surface area contributed by atoms with Crippen molar-refractivity contribution in [2.24, 2.45) is 5.73 Å². The number of alkyl halides is 3. The monoisotopic (exact) mass is 351 g/mol. The van der Waals surface area contributed by atoms with Crippen molar-refractivity contribution in [2.45, 2.75) is 12.4 Å². The molecular formula is C12H9BrF3NOS. The second-order valence-corrected chi connectivity index (χ2v) is 6.23. The van der Waals surface area contributed by atoms with Crippen molar-refractivity contribution in [1.29, 1.82) is 0 Å². The van der Waals surface area contributed by atoms with Crippen molar-refractivity contribution in [3.8, 4) is 5.75 Å². The van der Waals surface area contributed by atoms with Crippen LogP contribution in [0.4, 0.5) is 13.2 Å². The van der Waals surface area contributed by atoms with Crippen LogP contribution in [0.25, 0.3) is 0 Å². The Hall–Kier alpha value is -1.05. The van der Waals surface area contributed by atoms with Crippen molar-refractivity contribution in [3.05, 3.63) is 50.6 Å². The number of nitrogens with two attached hydrogens (primary N) is 1. The molecule has 0 fully saturated rings. The molecule has 0 aliphatic rings. The summed E-state index contributed by atoms with van der Waals surface area (Å²) in [5.74, 6) is -0.268. The SMILES string of the molecule is NC(c1cccc(OC(F)(F)F)c1)c1ccc(Br)s1. The van der Waals surface area contributed by atoms with E-state index in [9.17, 15) is 13.2 Å². The molecule has 2 aromatic rings. The summed E-state index contributed by atoms with van der Waals surface area (Å²) in [6.07, 6.45) is -4.70. The molecule has 0 spiro atoms. The summed E-state index contributed by atoms with van der Waals surface area (Å²) in [4.78, 5) is 0.857. The number of benzene rings is 1. The minimum Gasteiger partial charge on any atom is -0.406 e. The highest BCUT2D eigenvalue weighted by atomic mass is 79.9. The van der Waals surface area contributed by atoms with E-state index in [1.54, 1.807) is 6.07 Å². The van der Waals surface area contributed by atoms with Gasteiger partial charge in [-0.25, -0.2) is 0 Å². The predicted molar refractivity (Wildman–Crippen MR) is 71.2 cm³/mol. The first-order valence-electron chi connectivity index (χ1n) is 5.22. The highest BCUT2D eigenvalue weighted by molar-refractivity contribution is 9.11. The van der Waals surface area contributed by atoms with Crippen LogP contribution in [0.3, 0.4) is 0 Å². The zero-order valence-corrected chi connectivity index (χ0v) is 11.8. The molecule has 0 radical (unpaired) electrons. The van der Waals surface area contributed by atoms with Gasteiger partial charge in [0.15, 0.2) is 0 Å². The second-order valence-electron chi connectivity index (χ2n) is 3.74. The molecule has 19 heavy (non-hydrogen) atoms. The minimum atomic E-state index is -4.70. The lowest BCUT2D eigenvalue weighted by Crippen LogP contribution is -2.17. The standard InChI is InChI=1S/C12H9BrF3NOS/c13-10-5-4-9(19-10)11(17)7-2-1-3-8(6-7)18-12(14,15)16/h1-6,11H,17H2. The van der Waals surface area contributed by atoms with Gasteiger partial charge in [0.05, 0.1) is 9.83 Å². The maximum Gasteiger partial charge on any atom is 0.573 e. The fourth-order valence-corrected chi connectivity index (χ4v) is 3.02. The zero-order valence-electron chi connectivity index (χ0n) is 9.45. The highest BCUT2D eigenvalue weighted by Gasteiger charge is 2.31. The van der Waals surface area contributed by atoms with Gasteiger partial charge in [-0.05, 0) is 45.8 Å². The molecule has 1 heterocycles. The van der Waals surface area contributed by atoms with Crippen LogP contribution >= 0.6 is 27.3 Å². The van der Waals surface area contributed by atoms with Gasteiger partial charge < -0.3 is 10.5 Å². The number of ether oxygens (including phenoxy) is 1. The van der Waals surface area contributed by atoms with Gasteiger partial charge in [0.25, 0.3) is 0 Å². The van der Waals surface area contributed by atoms with Gasteiger partial charge in [-0.15, -0.1) is 24.5 Å². The highest BCUT2D eigenvalue weighted by Crippen LogP contribution is 2.32. The third-order valence-electron chi connectivity index (χ3n) is 2.35. The molecule has 7 heteroatoms. The molecular weight excluding hydrogens is 343 g/mol. The summed E-state index contributed by atoms with van der Waals surface area (Å²) in [5, 5.41) is 0. The summed E-state index contributed by atoms with van der Waals surface area (Å²) in [5.41, 5.74) is 6.58. The fourth-order valence-electron chi connectivity index (χ4n) is 1.56. The molecule has 1 unspecified atom stereocenters. The molecule has 1 atom stereocenters. The van der Waals surface area contributed by atoms with Crippen LogP contribution in [0.1, 0.15) is 16.5 Å². The third-order valence-corrected chi connectivity index (χ3v) is 4.06. The van der Waals surface area contributed by atoms with Crippen LogP contribution < -0.4 is 10.5 Å². The van der Waals surface area contributed by atoms with Crippen molar-refractivity contribution >= 4 is 27.3 Å². The molecule has 1 aromatic carbocycles. The summed E-state index contributed by atoms with van der Waals surface area (Å²) >= 11 is 4.76. The number of rotatable bonds is 3. The average Bonchev–Trinajstić information content (AvgIpc) is 2.73. The van der Waals surface area contributed by atoms with E-state index < -0.39 is 12.4 Å². The molecule has 102 valence electrons. The van der Waals surface area contributed by atoms with E-state index in [-0.39, 0.29) is 5.75 Å². The Balaban J connectivity index is 2.23. The van der Waals surface area contributed by atoms with E-state index in [2.05, 4.69) is 20.7 Å². The molecule has 2 N–H and O–H groups in total. The van der Waals surface area contributed by atoms with Crippen LogP contribution in [-0.4, -0.2) is 6.36 Å². The molecule has 0 bridgehead atoms. The van der Waals surface area contributed by atoms with Gasteiger partial charge in [-0.3, -0.25) is 0 Å². The average molecular weight is 352 g/mol. The van der Waals surface area contributed by atoms with E-state index in [0.717, 1.165) is 8.66 Å². The number of hydrogen-bond acceptors (Lipinski definition) is 3. The quantitative estimate of drug-likeness (QED) is 0.885. The van der Waals surface area contributed by atoms with E-state index in [1.807, 2.05) is 12.1 Å². The predicted octanol–water partition coefficient (Wildman–Crippen LogP) is 4.46. The molecule has 0 aliphatic carbocycles. The Labute approximate surface area is 120 Å². The molecule has 1 aromatic heterocycles. The van der Waals surface area contributed by atoms with Crippen LogP contribution in [0, 0.1) is 0 Å². The van der Waals surface area contributed by atoms with Crippen molar-refractivity contribution in [1.82, 2.24) is 0 Å². The summed E-state index contributed by atoms with van der Waals surface area (Å²) in [7, 11) is 0. The number of halogens is 4. The van der Waals surface area contributed by atoms with Gasteiger partial charge in [0, 0.05) is 4.88 Å². The van der Waals surface area contributed by atoms with Crippen LogP contribution in [0.15, 0.2) is 40.2 Å². The first kappa shape index (κ1) is 14.4. The van der Waals surface area contributed by atoms with E-state index >= 15 is 0 Å². The first-order valence-corrected chi connectivity index (χ1v) is 6.82. The Morgan fingerprint density at radius 1 is 1.21 bits per heavy atom. The Morgan fingerprint density at radius 3 is 2.53 bits per heavy atom. The topological polar surface area (TPSA) is 35.2 Å². The van der Waals surface area contributed by atoms with Crippen LogP contribution in [0.5, 0.6) is 5.75 Å². The summed E-state index contributed by atoms with van der Waals surface area (Å²) < 4.78 is 41.2. The van der Waals surface area contributed by atoms with Crippen molar-refractivity contribution in [3.63, 3.8) is 0 Å². The van der Waals surface area contributed by atoms with Crippen LogP contribution in [0.2, 0.25) is 0 Å². The van der Waals surface area contributed by atoms with Gasteiger partial charge in [0.2, 0.25) is 0 Å². The fraction of sp³-hybridized carbons (Fsp3) is 0.167. The third kappa shape index (κ3) is 3.95. The second kappa shape index (κ2) is 5.52. The Bertz CT molecular complexity index is 570. The largest absolute Gasteiger partial charge is 0.573 e. The normalized spacial score (nSPS) is 13.3. The Morgan fingerprint density at radius 2 is 1.95 bits per heavy atom. The maximum absolute atomic E-state index is 12.1. The summed E-state index contributed by atoms with van der Waals surface area (Å²) in [6.45, 7) is 0. The van der Waals surface area contributed by atoms with Crippen molar-refractivity contribution < 1.29 is 17.9 Å². The molecule has 0 aliphatic heterocycles. The van der Waals surface area contributed by atoms with E-state index in [1.165, 1.54) is 29.5 Å². The molecule has 0 amide bonds. The van der Waals surface area contributed by atoms with Gasteiger partial charge >= 0.3 is 6.36 Å². The maximum atomic E-state index is 12.1. The molecule has 2 rings (SSSR count). The van der Waals surface area contributed by atoms with E-state index in [0.29, 0.717) is 5.56 Å². The zero-order chi connectivity index (χ0) is 14.0. The van der Waals surface area contributed by atoms with Crippen molar-refractivity contribution in [2.75, 3.05) is 0 Å². The lowest BCUT2D eigenvalue weighted by molar-refractivity contribution is -0.274. The minimum absolute atomic E-state index is 0.268. The molecule has 0 saturated carbocycles. The molecule has 2 nitrogen and oxygen atoms in total. The van der Waals surface area contributed by atoms with Gasteiger partial charge in [0.1, 0.15) is 5.75 Å². The summed E-state index contributed by atoms with van der Waals surface area (Å²) in [6, 6.07) is 8.89. The number of thiophene rings is 1. The van der Waals surface area contributed by atoms with Gasteiger partial charge in [-0.1, -0.05) is 12.1 Å². The Kier molecular flexibility index (Phi) is 4.17. The van der Waals surface area contributed by atoms with E-state index in [4.69, 9.17) is 5.73 Å². The number of hydrogen-bond donors (Lipinski definition) is 1. The molecule has 0 saturated heterocycles. The van der Waals surface area contributed by atoms with Gasteiger partial charge in [-0.2, -0.15) is 0 Å². The van der Waals surface area contributed by atoms with Crippen LogP contribution in [-0.2, 0) is 0 Å². The smallest absolute Gasteiger partial charge is 0.406 e. The lowest BCUT2D eigenvalue weighted by Gasteiger charge is -2.13.